The fraction of sp³-hybridized carbons (Fsp3) is 0.526. The number of sulfonamides is 1. The summed E-state index contributed by atoms with van der Waals surface area (Å²) in [5.74, 6) is 0. The van der Waals surface area contributed by atoms with Gasteiger partial charge >= 0.3 is 11.0 Å². The molecule has 0 bridgehead atoms. The van der Waals surface area contributed by atoms with Crippen LogP contribution in [0.3, 0.4) is 0 Å². The van der Waals surface area contributed by atoms with Gasteiger partial charge in [-0.15, -0.1) is 0 Å². The van der Waals surface area contributed by atoms with E-state index in [0.717, 1.165) is 48.4 Å². The van der Waals surface area contributed by atoms with Crippen molar-refractivity contribution in [2.45, 2.75) is 43.4 Å². The van der Waals surface area contributed by atoms with Crippen molar-refractivity contribution in [2.75, 3.05) is 26.2 Å². The maximum atomic E-state index is 12.9. The van der Waals surface area contributed by atoms with E-state index in [1.807, 2.05) is 4.90 Å². The molecule has 2 aromatic rings. The molecule has 0 radical (unpaired) electrons. The number of benzene rings is 1. The van der Waals surface area contributed by atoms with Crippen LogP contribution in [0, 0.1) is 0 Å². The van der Waals surface area contributed by atoms with Crippen molar-refractivity contribution in [1.82, 2.24) is 13.8 Å². The third-order valence-corrected chi connectivity index (χ3v) is 8.59. The number of rotatable bonds is 4. The Morgan fingerprint density at radius 2 is 1.73 bits per heavy atom. The van der Waals surface area contributed by atoms with Crippen LogP contribution in [0.2, 0.25) is 0 Å². The van der Waals surface area contributed by atoms with Crippen LogP contribution < -0.4 is 4.87 Å². The van der Waals surface area contributed by atoms with E-state index >= 15 is 0 Å². The number of thiazole rings is 1. The first-order valence-corrected chi connectivity index (χ1v) is 12.0. The van der Waals surface area contributed by atoms with Crippen LogP contribution in [0.1, 0.15) is 29.0 Å². The SMILES string of the molecule is O=c1sc2c(n1CN1CCN(S(=O)(=O)c3cccc(C(F)(F)F)c3)CC1)CCCC2. The van der Waals surface area contributed by atoms with Crippen LogP contribution in [0.15, 0.2) is 34.0 Å². The molecule has 30 heavy (non-hydrogen) atoms. The summed E-state index contributed by atoms with van der Waals surface area (Å²) in [7, 11) is -4.01. The van der Waals surface area contributed by atoms with E-state index in [1.54, 1.807) is 4.57 Å². The molecule has 1 aliphatic heterocycles. The van der Waals surface area contributed by atoms with Crippen molar-refractivity contribution >= 4 is 21.4 Å². The summed E-state index contributed by atoms with van der Waals surface area (Å²) >= 11 is 1.29. The van der Waals surface area contributed by atoms with E-state index < -0.39 is 21.8 Å². The molecule has 1 aromatic carbocycles. The molecule has 1 aliphatic carbocycles. The highest BCUT2D eigenvalue weighted by molar-refractivity contribution is 7.89. The molecule has 0 unspecified atom stereocenters. The second kappa shape index (κ2) is 8.10. The minimum atomic E-state index is -4.60. The van der Waals surface area contributed by atoms with Crippen LogP contribution in [0.25, 0.3) is 0 Å². The molecule has 2 heterocycles. The number of piperazine rings is 1. The van der Waals surface area contributed by atoms with Crippen molar-refractivity contribution in [3.05, 3.63) is 50.1 Å². The molecule has 164 valence electrons. The average Bonchev–Trinajstić information content (AvgIpc) is 3.03. The molecule has 1 aromatic heterocycles. The summed E-state index contributed by atoms with van der Waals surface area (Å²) in [6.07, 6.45) is -0.619. The van der Waals surface area contributed by atoms with Gasteiger partial charge in [-0.05, 0) is 43.9 Å². The minimum Gasteiger partial charge on any atom is -0.289 e. The van der Waals surface area contributed by atoms with Crippen molar-refractivity contribution in [3.63, 3.8) is 0 Å². The lowest BCUT2D eigenvalue weighted by molar-refractivity contribution is -0.137. The number of alkyl halides is 3. The first-order valence-electron chi connectivity index (χ1n) is 9.77. The molecule has 11 heteroatoms. The standard InChI is InChI=1S/C19H22F3N3O3S2/c20-19(21,22)14-4-3-5-15(12-14)30(27,28)24-10-8-23(9-11-24)13-25-16-6-1-2-7-17(16)29-18(25)26/h3-5,12H,1-2,6-11,13H2. The lowest BCUT2D eigenvalue weighted by Crippen LogP contribution is -2.49. The Labute approximate surface area is 176 Å². The monoisotopic (exact) mass is 461 g/mol. The molecule has 2 aliphatic rings. The van der Waals surface area contributed by atoms with Gasteiger partial charge in [0, 0.05) is 36.8 Å². The average molecular weight is 462 g/mol. The van der Waals surface area contributed by atoms with Crippen molar-refractivity contribution in [1.29, 1.82) is 0 Å². The fourth-order valence-corrected chi connectivity index (χ4v) is 6.50. The van der Waals surface area contributed by atoms with E-state index in [1.165, 1.54) is 21.7 Å². The predicted octanol–water partition coefficient (Wildman–Crippen LogP) is 2.77. The molecule has 6 nitrogen and oxygen atoms in total. The zero-order valence-corrected chi connectivity index (χ0v) is 17.8. The summed E-state index contributed by atoms with van der Waals surface area (Å²) in [6, 6.07) is 3.83. The van der Waals surface area contributed by atoms with Gasteiger partial charge in [0.25, 0.3) is 0 Å². The Morgan fingerprint density at radius 3 is 2.43 bits per heavy atom. The van der Waals surface area contributed by atoms with Gasteiger partial charge in [-0.25, -0.2) is 8.42 Å². The van der Waals surface area contributed by atoms with Crippen LogP contribution in [0.4, 0.5) is 13.2 Å². The van der Waals surface area contributed by atoms with Crippen LogP contribution in [-0.4, -0.2) is 48.4 Å². The molecule has 1 saturated heterocycles. The van der Waals surface area contributed by atoms with Gasteiger partial charge in [0.2, 0.25) is 10.0 Å². The summed E-state index contributed by atoms with van der Waals surface area (Å²) in [4.78, 5) is 15.2. The zero-order chi connectivity index (χ0) is 21.5. The Kier molecular flexibility index (Phi) is 5.82. The molecular weight excluding hydrogens is 439 g/mol. The summed E-state index contributed by atoms with van der Waals surface area (Å²) in [6.45, 7) is 1.58. The Bertz CT molecular complexity index is 1080. The lowest BCUT2D eigenvalue weighted by atomic mass is 10.0. The largest absolute Gasteiger partial charge is 0.416 e. The normalized spacial score (nSPS) is 19.0. The highest BCUT2D eigenvalue weighted by Gasteiger charge is 2.34. The molecule has 0 atom stereocenters. The number of aromatic nitrogens is 1. The highest BCUT2D eigenvalue weighted by atomic mass is 32.2. The third kappa shape index (κ3) is 4.20. The number of aryl methyl sites for hydroxylation is 1. The first-order chi connectivity index (χ1) is 14.2. The fourth-order valence-electron chi connectivity index (χ4n) is 3.96. The quantitative estimate of drug-likeness (QED) is 0.703. The number of nitrogens with zero attached hydrogens (tertiary/aromatic N) is 3. The minimum absolute atomic E-state index is 0.0147. The van der Waals surface area contributed by atoms with Gasteiger partial charge in [-0.2, -0.15) is 17.5 Å². The molecule has 0 N–H and O–H groups in total. The topological polar surface area (TPSA) is 62.6 Å². The second-order valence-corrected chi connectivity index (χ2v) is 10.5. The maximum Gasteiger partial charge on any atom is 0.416 e. The van der Waals surface area contributed by atoms with Gasteiger partial charge in [0.05, 0.1) is 17.1 Å². The molecular formula is C19H22F3N3O3S2. The highest BCUT2D eigenvalue weighted by Crippen LogP contribution is 2.31. The Morgan fingerprint density at radius 1 is 1.03 bits per heavy atom. The van der Waals surface area contributed by atoms with Crippen LogP contribution >= 0.6 is 11.3 Å². The number of halogens is 3. The van der Waals surface area contributed by atoms with Crippen LogP contribution in [-0.2, 0) is 35.7 Å². The van der Waals surface area contributed by atoms with Gasteiger partial charge in [-0.1, -0.05) is 17.4 Å². The van der Waals surface area contributed by atoms with E-state index in [2.05, 4.69) is 0 Å². The summed E-state index contributed by atoms with van der Waals surface area (Å²) in [5.41, 5.74) is 0.110. The smallest absolute Gasteiger partial charge is 0.289 e. The summed E-state index contributed by atoms with van der Waals surface area (Å²) < 4.78 is 67.5. The Balaban J connectivity index is 1.45. The van der Waals surface area contributed by atoms with E-state index in [4.69, 9.17) is 0 Å². The van der Waals surface area contributed by atoms with E-state index in [9.17, 15) is 26.4 Å². The van der Waals surface area contributed by atoms with Gasteiger partial charge in [0.15, 0.2) is 0 Å². The lowest BCUT2D eigenvalue weighted by Gasteiger charge is -2.34. The predicted molar refractivity (Wildman–Crippen MR) is 107 cm³/mol. The zero-order valence-electron chi connectivity index (χ0n) is 16.2. The molecule has 0 saturated carbocycles. The molecule has 0 amide bonds. The van der Waals surface area contributed by atoms with Crippen molar-refractivity contribution in [2.24, 2.45) is 0 Å². The first kappa shape index (κ1) is 21.5. The van der Waals surface area contributed by atoms with E-state index in [-0.39, 0.29) is 22.9 Å². The Hall–Kier alpha value is -1.69. The number of fused-ring (bicyclic) bond motifs is 1. The number of hydrogen-bond donors (Lipinski definition) is 0. The van der Waals surface area contributed by atoms with E-state index in [0.29, 0.717) is 25.8 Å². The van der Waals surface area contributed by atoms with Gasteiger partial charge in [0.1, 0.15) is 0 Å². The second-order valence-electron chi connectivity index (χ2n) is 7.56. The third-order valence-electron chi connectivity index (χ3n) is 5.62. The molecule has 0 spiro atoms. The van der Waals surface area contributed by atoms with Crippen LogP contribution in [0.5, 0.6) is 0 Å². The van der Waals surface area contributed by atoms with Gasteiger partial charge < -0.3 is 0 Å². The van der Waals surface area contributed by atoms with Crippen molar-refractivity contribution < 1.29 is 21.6 Å². The van der Waals surface area contributed by atoms with Crippen molar-refractivity contribution in [3.8, 4) is 0 Å². The van der Waals surface area contributed by atoms with Gasteiger partial charge in [-0.3, -0.25) is 14.3 Å². The molecule has 4 rings (SSSR count). The maximum absolute atomic E-state index is 12.9. The number of hydrogen-bond acceptors (Lipinski definition) is 5. The molecule has 1 fully saturated rings. The summed E-state index contributed by atoms with van der Waals surface area (Å²) in [5, 5.41) is 0.